The van der Waals surface area contributed by atoms with Crippen molar-refractivity contribution in [3.63, 3.8) is 0 Å². The van der Waals surface area contributed by atoms with Crippen LogP contribution >= 0.6 is 11.8 Å². The van der Waals surface area contributed by atoms with Gasteiger partial charge in [-0.15, -0.1) is 0 Å². The Kier molecular flexibility index (Phi) is 5.88. The Morgan fingerprint density at radius 2 is 2.20 bits per heavy atom. The number of benzene rings is 1. The van der Waals surface area contributed by atoms with E-state index in [-0.39, 0.29) is 12.5 Å². The lowest BCUT2D eigenvalue weighted by Crippen LogP contribution is -2.43. The number of rotatable bonds is 6. The molecule has 1 aliphatic rings. The average Bonchev–Trinajstić information content (AvgIpc) is 2.43. The molecule has 1 heterocycles. The van der Waals surface area contributed by atoms with Gasteiger partial charge in [-0.3, -0.25) is 9.69 Å². The Labute approximate surface area is 124 Å². The summed E-state index contributed by atoms with van der Waals surface area (Å²) in [5.41, 5.74) is 2.42. The first-order valence-corrected chi connectivity index (χ1v) is 7.95. The van der Waals surface area contributed by atoms with Crippen molar-refractivity contribution in [3.05, 3.63) is 35.4 Å². The van der Waals surface area contributed by atoms with E-state index >= 15 is 0 Å². The molecule has 1 N–H and O–H groups in total. The molecule has 5 heteroatoms. The molecule has 1 saturated heterocycles. The van der Waals surface area contributed by atoms with Crippen LogP contribution in [-0.4, -0.2) is 47.2 Å². The van der Waals surface area contributed by atoms with Crippen molar-refractivity contribution in [2.45, 2.75) is 25.6 Å². The van der Waals surface area contributed by atoms with E-state index in [1.807, 2.05) is 23.9 Å². The zero-order valence-corrected chi connectivity index (χ0v) is 12.6. The summed E-state index contributed by atoms with van der Waals surface area (Å²) in [6, 6.07) is 8.34. The lowest BCUT2D eigenvalue weighted by molar-refractivity contribution is -0.138. The van der Waals surface area contributed by atoms with Crippen LogP contribution in [0.15, 0.2) is 24.3 Å². The van der Waals surface area contributed by atoms with Crippen molar-refractivity contribution in [2.24, 2.45) is 0 Å². The van der Waals surface area contributed by atoms with Crippen molar-refractivity contribution in [1.29, 1.82) is 0 Å². The molecule has 0 amide bonds. The largest absolute Gasteiger partial charge is 0.481 e. The second-order valence-corrected chi connectivity index (χ2v) is 6.15. The van der Waals surface area contributed by atoms with Crippen molar-refractivity contribution in [1.82, 2.24) is 4.90 Å². The van der Waals surface area contributed by atoms with Gasteiger partial charge in [-0.05, 0) is 11.1 Å². The molecule has 1 atom stereocenters. The third-order valence-electron chi connectivity index (χ3n) is 3.55. The normalized spacial score (nSPS) is 19.9. The van der Waals surface area contributed by atoms with E-state index < -0.39 is 5.97 Å². The number of ether oxygens (including phenoxy) is 1. The fourth-order valence-electron chi connectivity index (χ4n) is 2.51. The summed E-state index contributed by atoms with van der Waals surface area (Å²) in [6.07, 6.45) is 0.222. The van der Waals surface area contributed by atoms with E-state index in [0.29, 0.717) is 6.61 Å². The number of hydrogen-bond donors (Lipinski definition) is 1. The fourth-order valence-corrected chi connectivity index (χ4v) is 3.64. The number of carboxylic acids is 1. The summed E-state index contributed by atoms with van der Waals surface area (Å²) in [4.78, 5) is 13.3. The minimum absolute atomic E-state index is 0.127. The average molecular weight is 295 g/mol. The maximum absolute atomic E-state index is 11.0. The van der Waals surface area contributed by atoms with Gasteiger partial charge in [-0.1, -0.05) is 24.3 Å². The molecule has 0 bridgehead atoms. The predicted molar refractivity (Wildman–Crippen MR) is 80.9 cm³/mol. The molecule has 0 radical (unpaired) electrons. The molecule has 1 aromatic carbocycles. The summed E-state index contributed by atoms with van der Waals surface area (Å²) in [5, 5.41) is 9.03. The number of carboxylic acid groups (broad SMARTS) is 1. The smallest absolute Gasteiger partial charge is 0.304 e. The summed E-state index contributed by atoms with van der Waals surface area (Å²) >= 11 is 1.84. The monoisotopic (exact) mass is 295 g/mol. The highest BCUT2D eigenvalue weighted by Crippen LogP contribution is 2.22. The van der Waals surface area contributed by atoms with Gasteiger partial charge in [0.2, 0.25) is 0 Å². The van der Waals surface area contributed by atoms with E-state index in [9.17, 15) is 4.79 Å². The third-order valence-corrected chi connectivity index (χ3v) is 4.64. The highest BCUT2D eigenvalue weighted by atomic mass is 32.2. The second kappa shape index (κ2) is 7.67. The van der Waals surface area contributed by atoms with Crippen LogP contribution in [0.25, 0.3) is 0 Å². The molecule has 0 spiro atoms. The number of hydrogen-bond acceptors (Lipinski definition) is 4. The minimum Gasteiger partial charge on any atom is -0.481 e. The lowest BCUT2D eigenvalue weighted by Gasteiger charge is -2.35. The Balaban J connectivity index is 2.08. The number of carbonyl (C=O) groups is 1. The van der Waals surface area contributed by atoms with Gasteiger partial charge in [0, 0.05) is 37.7 Å². The Morgan fingerprint density at radius 3 is 2.90 bits per heavy atom. The molecular formula is C15H21NO3S. The van der Waals surface area contributed by atoms with E-state index in [1.54, 1.807) is 7.11 Å². The maximum Gasteiger partial charge on any atom is 0.304 e. The molecule has 4 nitrogen and oxygen atoms in total. The molecular weight excluding hydrogens is 274 g/mol. The maximum atomic E-state index is 11.0. The molecule has 110 valence electrons. The molecule has 0 aliphatic carbocycles. The van der Waals surface area contributed by atoms with Gasteiger partial charge in [-0.25, -0.2) is 0 Å². The van der Waals surface area contributed by atoms with Crippen LogP contribution in [0.4, 0.5) is 0 Å². The van der Waals surface area contributed by atoms with Crippen LogP contribution in [0.5, 0.6) is 0 Å². The first kappa shape index (κ1) is 15.4. The minimum atomic E-state index is -0.715. The highest BCUT2D eigenvalue weighted by molar-refractivity contribution is 7.99. The molecule has 20 heavy (non-hydrogen) atoms. The SMILES string of the molecule is COCc1ccccc1CN1CCSCC1CC(=O)O. The third kappa shape index (κ3) is 4.23. The molecule has 0 aromatic heterocycles. The first-order chi connectivity index (χ1) is 9.70. The molecule has 1 fully saturated rings. The predicted octanol–water partition coefficient (Wildman–Crippen LogP) is 2.23. The van der Waals surface area contributed by atoms with Gasteiger partial charge >= 0.3 is 5.97 Å². The van der Waals surface area contributed by atoms with Crippen LogP contribution < -0.4 is 0 Å². The summed E-state index contributed by atoms with van der Waals surface area (Å²) in [6.45, 7) is 2.35. The van der Waals surface area contributed by atoms with E-state index in [0.717, 1.165) is 24.6 Å². The van der Waals surface area contributed by atoms with Gasteiger partial charge < -0.3 is 9.84 Å². The zero-order valence-electron chi connectivity index (χ0n) is 11.7. The summed E-state index contributed by atoms with van der Waals surface area (Å²) < 4.78 is 5.23. The molecule has 2 rings (SSSR count). The Hall–Kier alpha value is -1.04. The second-order valence-electron chi connectivity index (χ2n) is 5.00. The van der Waals surface area contributed by atoms with Gasteiger partial charge in [0.15, 0.2) is 0 Å². The van der Waals surface area contributed by atoms with Crippen molar-refractivity contribution in [2.75, 3.05) is 25.2 Å². The fraction of sp³-hybridized carbons (Fsp3) is 0.533. The number of nitrogens with zero attached hydrogens (tertiary/aromatic N) is 1. The molecule has 1 unspecified atom stereocenters. The first-order valence-electron chi connectivity index (χ1n) is 6.80. The lowest BCUT2D eigenvalue weighted by atomic mass is 10.1. The van der Waals surface area contributed by atoms with Gasteiger partial charge in [-0.2, -0.15) is 11.8 Å². The van der Waals surface area contributed by atoms with Crippen molar-refractivity contribution in [3.8, 4) is 0 Å². The zero-order chi connectivity index (χ0) is 14.4. The van der Waals surface area contributed by atoms with Gasteiger partial charge in [0.25, 0.3) is 0 Å². The summed E-state index contributed by atoms with van der Waals surface area (Å²) in [5.74, 6) is 1.26. The quantitative estimate of drug-likeness (QED) is 0.872. The molecule has 1 aromatic rings. The van der Waals surface area contributed by atoms with Crippen LogP contribution in [-0.2, 0) is 22.7 Å². The van der Waals surface area contributed by atoms with Crippen LogP contribution in [0.1, 0.15) is 17.5 Å². The van der Waals surface area contributed by atoms with Crippen LogP contribution in [0, 0.1) is 0 Å². The van der Waals surface area contributed by atoms with Gasteiger partial charge in [0.1, 0.15) is 0 Å². The molecule has 0 saturated carbocycles. The van der Waals surface area contributed by atoms with E-state index in [4.69, 9.17) is 9.84 Å². The van der Waals surface area contributed by atoms with Crippen LogP contribution in [0.2, 0.25) is 0 Å². The van der Waals surface area contributed by atoms with Gasteiger partial charge in [0.05, 0.1) is 13.0 Å². The number of aliphatic carboxylic acids is 1. The number of methoxy groups -OCH3 is 1. The Bertz CT molecular complexity index is 452. The standard InChI is InChI=1S/C15H21NO3S/c1-19-10-13-5-3-2-4-12(13)9-16-6-7-20-11-14(16)8-15(17)18/h2-5,14H,6-11H2,1H3,(H,17,18). The topological polar surface area (TPSA) is 49.8 Å². The number of thioether (sulfide) groups is 1. The van der Waals surface area contributed by atoms with Crippen LogP contribution in [0.3, 0.4) is 0 Å². The van der Waals surface area contributed by atoms with Crippen molar-refractivity contribution < 1.29 is 14.6 Å². The molecule has 1 aliphatic heterocycles. The Morgan fingerprint density at radius 1 is 1.45 bits per heavy atom. The highest BCUT2D eigenvalue weighted by Gasteiger charge is 2.25. The van der Waals surface area contributed by atoms with E-state index in [1.165, 1.54) is 11.1 Å². The van der Waals surface area contributed by atoms with E-state index in [2.05, 4.69) is 17.0 Å². The van der Waals surface area contributed by atoms with Crippen molar-refractivity contribution >= 4 is 17.7 Å². The summed E-state index contributed by atoms with van der Waals surface area (Å²) in [7, 11) is 1.70.